The van der Waals surface area contributed by atoms with Gasteiger partial charge in [0.15, 0.2) is 0 Å². The molecule has 1 heterocycles. The van der Waals surface area contributed by atoms with Crippen molar-refractivity contribution < 1.29 is 0 Å². The first-order chi connectivity index (χ1) is 6.97. The second-order valence-electron chi connectivity index (χ2n) is 3.97. The zero-order valence-corrected chi connectivity index (χ0v) is 11.4. The molecule has 86 valence electrons. The number of halogens is 1. The van der Waals surface area contributed by atoms with Crippen LogP contribution < -0.4 is 5.73 Å². The molecule has 0 spiro atoms. The van der Waals surface area contributed by atoms with Crippen molar-refractivity contribution >= 4 is 15.9 Å². The number of likely N-dealkylation sites (N-methyl/N-ethyl adjacent to an activating group) is 1. The third-order valence-corrected chi connectivity index (χ3v) is 3.79. The summed E-state index contributed by atoms with van der Waals surface area (Å²) in [6.45, 7) is 5.65. The summed E-state index contributed by atoms with van der Waals surface area (Å²) < 4.78 is 3.01. The van der Waals surface area contributed by atoms with Crippen molar-refractivity contribution in [3.63, 3.8) is 0 Å². The van der Waals surface area contributed by atoms with Crippen LogP contribution in [0.5, 0.6) is 0 Å². The van der Waals surface area contributed by atoms with Crippen LogP contribution in [0.3, 0.4) is 0 Å². The fraction of sp³-hybridized carbons (Fsp3) is 0.700. The summed E-state index contributed by atoms with van der Waals surface area (Å²) in [7, 11) is 4.04. The molecule has 0 saturated heterocycles. The van der Waals surface area contributed by atoms with Gasteiger partial charge in [0.2, 0.25) is 0 Å². The normalized spacial score (nSPS) is 13.5. The van der Waals surface area contributed by atoms with Gasteiger partial charge >= 0.3 is 0 Å². The minimum atomic E-state index is 0.382. The molecule has 1 aromatic heterocycles. The Morgan fingerprint density at radius 1 is 1.60 bits per heavy atom. The molecule has 0 aliphatic heterocycles. The highest BCUT2D eigenvalue weighted by molar-refractivity contribution is 9.10. The van der Waals surface area contributed by atoms with Crippen LogP contribution in [0.1, 0.15) is 18.3 Å². The summed E-state index contributed by atoms with van der Waals surface area (Å²) in [6.07, 6.45) is 0. The number of rotatable bonds is 4. The highest BCUT2D eigenvalue weighted by Gasteiger charge is 2.14. The lowest BCUT2D eigenvalue weighted by molar-refractivity contribution is 0.248. The van der Waals surface area contributed by atoms with E-state index in [2.05, 4.69) is 39.9 Å². The Labute approximate surface area is 99.6 Å². The topological polar surface area (TPSA) is 47.1 Å². The molecule has 0 bridgehead atoms. The Hall–Kier alpha value is -0.390. The van der Waals surface area contributed by atoms with Crippen molar-refractivity contribution in [2.45, 2.75) is 26.4 Å². The first kappa shape index (κ1) is 12.7. The van der Waals surface area contributed by atoms with E-state index in [9.17, 15) is 0 Å². The summed E-state index contributed by atoms with van der Waals surface area (Å²) in [5, 5.41) is 4.36. The van der Waals surface area contributed by atoms with Crippen LogP contribution in [-0.2, 0) is 13.6 Å². The second kappa shape index (κ2) is 5.09. The third kappa shape index (κ3) is 2.80. The van der Waals surface area contributed by atoms with E-state index < -0.39 is 0 Å². The summed E-state index contributed by atoms with van der Waals surface area (Å²) in [6, 6.07) is 0.382. The molecule has 15 heavy (non-hydrogen) atoms. The molecular weight excluding hydrogens is 256 g/mol. The van der Waals surface area contributed by atoms with Gasteiger partial charge in [0, 0.05) is 26.2 Å². The Morgan fingerprint density at radius 3 is 2.60 bits per heavy atom. The maximum absolute atomic E-state index is 5.63. The van der Waals surface area contributed by atoms with Crippen molar-refractivity contribution in [3.8, 4) is 0 Å². The van der Waals surface area contributed by atoms with Gasteiger partial charge in [-0.2, -0.15) is 5.10 Å². The zero-order valence-electron chi connectivity index (χ0n) is 9.79. The summed E-state index contributed by atoms with van der Waals surface area (Å²) in [4.78, 5) is 2.22. The van der Waals surface area contributed by atoms with Crippen molar-refractivity contribution in [2.75, 3.05) is 13.6 Å². The molecule has 0 saturated carbocycles. The van der Waals surface area contributed by atoms with E-state index in [0.29, 0.717) is 12.6 Å². The van der Waals surface area contributed by atoms with E-state index in [4.69, 9.17) is 5.73 Å². The van der Waals surface area contributed by atoms with Crippen LogP contribution >= 0.6 is 15.9 Å². The molecule has 0 aliphatic carbocycles. The lowest BCUT2D eigenvalue weighted by Gasteiger charge is -2.23. The number of nitrogens with two attached hydrogens (primary N) is 1. The molecule has 1 unspecified atom stereocenters. The standard InChI is InChI=1S/C10H19BrN4/c1-7(5-12)14(3)6-9-10(11)8(2)13-15(9)4/h7H,5-6,12H2,1-4H3. The highest BCUT2D eigenvalue weighted by atomic mass is 79.9. The average Bonchev–Trinajstić information content (AvgIpc) is 2.43. The van der Waals surface area contributed by atoms with Crippen LogP contribution in [0.2, 0.25) is 0 Å². The highest BCUT2D eigenvalue weighted by Crippen LogP contribution is 2.21. The van der Waals surface area contributed by atoms with E-state index in [1.165, 1.54) is 5.69 Å². The Balaban J connectivity index is 2.80. The minimum Gasteiger partial charge on any atom is -0.329 e. The fourth-order valence-electron chi connectivity index (χ4n) is 1.42. The van der Waals surface area contributed by atoms with E-state index >= 15 is 0 Å². The number of aromatic nitrogens is 2. The van der Waals surface area contributed by atoms with E-state index in [-0.39, 0.29) is 0 Å². The monoisotopic (exact) mass is 274 g/mol. The smallest absolute Gasteiger partial charge is 0.0739 e. The SMILES string of the molecule is Cc1nn(C)c(CN(C)C(C)CN)c1Br. The van der Waals surface area contributed by atoms with E-state index in [0.717, 1.165) is 16.7 Å². The Kier molecular flexibility index (Phi) is 4.31. The van der Waals surface area contributed by atoms with Crippen LogP contribution in [-0.4, -0.2) is 34.3 Å². The molecule has 1 rings (SSSR count). The molecular formula is C10H19BrN4. The molecule has 0 fully saturated rings. The van der Waals surface area contributed by atoms with Gasteiger partial charge in [0.1, 0.15) is 0 Å². The maximum atomic E-state index is 5.63. The molecule has 1 atom stereocenters. The molecule has 0 radical (unpaired) electrons. The number of hydrogen-bond donors (Lipinski definition) is 1. The minimum absolute atomic E-state index is 0.382. The molecule has 5 heteroatoms. The van der Waals surface area contributed by atoms with Gasteiger partial charge in [0.25, 0.3) is 0 Å². The lowest BCUT2D eigenvalue weighted by Crippen LogP contribution is -2.35. The second-order valence-corrected chi connectivity index (χ2v) is 4.76. The van der Waals surface area contributed by atoms with Gasteiger partial charge in [-0.1, -0.05) is 0 Å². The summed E-state index contributed by atoms with van der Waals surface area (Å²) in [5.74, 6) is 0. The molecule has 2 N–H and O–H groups in total. The molecule has 1 aromatic rings. The average molecular weight is 275 g/mol. The largest absolute Gasteiger partial charge is 0.329 e. The molecule has 0 amide bonds. The van der Waals surface area contributed by atoms with Crippen LogP contribution in [0, 0.1) is 6.92 Å². The fourth-order valence-corrected chi connectivity index (χ4v) is 1.89. The summed E-state index contributed by atoms with van der Waals surface area (Å²) >= 11 is 3.56. The van der Waals surface area contributed by atoms with Gasteiger partial charge in [-0.15, -0.1) is 0 Å². The first-order valence-corrected chi connectivity index (χ1v) is 5.85. The van der Waals surface area contributed by atoms with Crippen molar-refractivity contribution in [1.29, 1.82) is 0 Å². The number of hydrogen-bond acceptors (Lipinski definition) is 3. The first-order valence-electron chi connectivity index (χ1n) is 5.05. The third-order valence-electron chi connectivity index (χ3n) is 2.75. The zero-order chi connectivity index (χ0) is 11.6. The van der Waals surface area contributed by atoms with Crippen molar-refractivity contribution in [3.05, 3.63) is 15.9 Å². The van der Waals surface area contributed by atoms with Crippen LogP contribution in [0.15, 0.2) is 4.47 Å². The lowest BCUT2D eigenvalue weighted by atomic mass is 10.2. The van der Waals surface area contributed by atoms with E-state index in [1.807, 2.05) is 18.7 Å². The van der Waals surface area contributed by atoms with Gasteiger partial charge in [-0.05, 0) is 36.8 Å². The number of nitrogens with zero attached hydrogens (tertiary/aromatic N) is 3. The maximum Gasteiger partial charge on any atom is 0.0739 e. The van der Waals surface area contributed by atoms with E-state index in [1.54, 1.807) is 0 Å². The molecule has 4 nitrogen and oxygen atoms in total. The predicted molar refractivity (Wildman–Crippen MR) is 65.6 cm³/mol. The van der Waals surface area contributed by atoms with Crippen molar-refractivity contribution in [2.24, 2.45) is 12.8 Å². The Bertz CT molecular complexity index is 334. The molecule has 0 aliphatic rings. The van der Waals surface area contributed by atoms with Gasteiger partial charge in [-0.3, -0.25) is 9.58 Å². The van der Waals surface area contributed by atoms with Gasteiger partial charge < -0.3 is 5.73 Å². The van der Waals surface area contributed by atoms with Gasteiger partial charge in [-0.25, -0.2) is 0 Å². The van der Waals surface area contributed by atoms with Crippen LogP contribution in [0.4, 0.5) is 0 Å². The Morgan fingerprint density at radius 2 is 2.20 bits per heavy atom. The van der Waals surface area contributed by atoms with Crippen molar-refractivity contribution in [1.82, 2.24) is 14.7 Å². The quantitative estimate of drug-likeness (QED) is 0.900. The predicted octanol–water partition coefficient (Wildman–Crippen LogP) is 1.27. The molecule has 0 aromatic carbocycles. The van der Waals surface area contributed by atoms with Crippen LogP contribution in [0.25, 0.3) is 0 Å². The summed E-state index contributed by atoms with van der Waals surface area (Å²) in [5.41, 5.74) is 7.85. The number of aryl methyl sites for hydroxylation is 2. The van der Waals surface area contributed by atoms with Gasteiger partial charge in [0.05, 0.1) is 15.9 Å².